The van der Waals surface area contributed by atoms with Crippen LogP contribution in [0, 0.1) is 3.57 Å². The zero-order valence-corrected chi connectivity index (χ0v) is 12.9. The number of hydrogen-bond donors (Lipinski definition) is 1. The fourth-order valence-electron chi connectivity index (χ4n) is 2.16. The SMILES string of the molecule is CCc1ccc(C(NC)c2ccccc2I)cc1. The second kappa shape index (κ2) is 6.34. The van der Waals surface area contributed by atoms with E-state index in [1.165, 1.54) is 20.3 Å². The van der Waals surface area contributed by atoms with Gasteiger partial charge in [0.1, 0.15) is 0 Å². The Kier molecular flexibility index (Phi) is 4.78. The lowest BCUT2D eigenvalue weighted by Crippen LogP contribution is -2.18. The second-order valence-electron chi connectivity index (χ2n) is 4.34. The third kappa shape index (κ3) is 2.93. The highest BCUT2D eigenvalue weighted by Gasteiger charge is 2.13. The fourth-order valence-corrected chi connectivity index (χ4v) is 2.86. The molecule has 0 amide bonds. The van der Waals surface area contributed by atoms with Crippen molar-refractivity contribution >= 4 is 22.6 Å². The smallest absolute Gasteiger partial charge is 0.0584 e. The summed E-state index contributed by atoms with van der Waals surface area (Å²) in [5, 5.41) is 3.41. The molecule has 1 N–H and O–H groups in total. The third-order valence-corrected chi connectivity index (χ3v) is 4.21. The van der Waals surface area contributed by atoms with Crippen LogP contribution in [-0.2, 0) is 6.42 Å². The predicted octanol–water partition coefficient (Wildman–Crippen LogP) is 4.16. The fraction of sp³-hybridized carbons (Fsp3) is 0.250. The van der Waals surface area contributed by atoms with Crippen LogP contribution >= 0.6 is 22.6 Å². The molecule has 0 radical (unpaired) electrons. The van der Waals surface area contributed by atoms with E-state index in [0.29, 0.717) is 0 Å². The molecule has 0 spiro atoms. The van der Waals surface area contributed by atoms with Crippen LogP contribution in [0.5, 0.6) is 0 Å². The van der Waals surface area contributed by atoms with Crippen molar-refractivity contribution in [3.8, 4) is 0 Å². The minimum Gasteiger partial charge on any atom is -0.309 e. The van der Waals surface area contributed by atoms with Crippen molar-refractivity contribution in [2.24, 2.45) is 0 Å². The summed E-state index contributed by atoms with van der Waals surface area (Å²) < 4.78 is 1.30. The average molecular weight is 351 g/mol. The Morgan fingerprint density at radius 1 is 1.06 bits per heavy atom. The van der Waals surface area contributed by atoms with Gasteiger partial charge >= 0.3 is 0 Å². The third-order valence-electron chi connectivity index (χ3n) is 3.23. The summed E-state index contributed by atoms with van der Waals surface area (Å²) in [6.07, 6.45) is 1.09. The van der Waals surface area contributed by atoms with Gasteiger partial charge in [-0.1, -0.05) is 49.4 Å². The first-order chi connectivity index (χ1) is 8.76. The zero-order valence-electron chi connectivity index (χ0n) is 10.8. The molecule has 0 saturated carbocycles. The zero-order chi connectivity index (χ0) is 13.0. The van der Waals surface area contributed by atoms with E-state index in [2.05, 4.69) is 83.4 Å². The van der Waals surface area contributed by atoms with Gasteiger partial charge in [-0.25, -0.2) is 0 Å². The maximum Gasteiger partial charge on any atom is 0.0584 e. The Labute approximate surface area is 123 Å². The van der Waals surface area contributed by atoms with E-state index in [1.54, 1.807) is 0 Å². The van der Waals surface area contributed by atoms with Crippen LogP contribution in [0.25, 0.3) is 0 Å². The Morgan fingerprint density at radius 3 is 2.28 bits per heavy atom. The normalized spacial score (nSPS) is 12.4. The van der Waals surface area contributed by atoms with Crippen LogP contribution in [-0.4, -0.2) is 7.05 Å². The number of nitrogens with one attached hydrogen (secondary N) is 1. The predicted molar refractivity (Wildman–Crippen MR) is 85.9 cm³/mol. The Balaban J connectivity index is 2.36. The van der Waals surface area contributed by atoms with Crippen LogP contribution < -0.4 is 5.32 Å². The van der Waals surface area contributed by atoms with Gasteiger partial charge in [0.25, 0.3) is 0 Å². The molecule has 18 heavy (non-hydrogen) atoms. The minimum absolute atomic E-state index is 0.268. The van der Waals surface area contributed by atoms with Crippen LogP contribution in [0.1, 0.15) is 29.7 Å². The summed E-state index contributed by atoms with van der Waals surface area (Å²) in [5.41, 5.74) is 4.04. The van der Waals surface area contributed by atoms with E-state index >= 15 is 0 Å². The topological polar surface area (TPSA) is 12.0 Å². The second-order valence-corrected chi connectivity index (χ2v) is 5.50. The van der Waals surface area contributed by atoms with Crippen LogP contribution in [0.2, 0.25) is 0 Å². The van der Waals surface area contributed by atoms with Gasteiger partial charge in [-0.05, 0) is 58.8 Å². The first-order valence-corrected chi connectivity index (χ1v) is 7.34. The van der Waals surface area contributed by atoms with E-state index in [-0.39, 0.29) is 6.04 Å². The molecule has 0 aliphatic carbocycles. The Morgan fingerprint density at radius 2 is 1.72 bits per heavy atom. The average Bonchev–Trinajstić information content (AvgIpc) is 2.42. The largest absolute Gasteiger partial charge is 0.309 e. The molecule has 1 nitrogen and oxygen atoms in total. The minimum atomic E-state index is 0.268. The Hall–Kier alpha value is -0.870. The molecule has 1 atom stereocenters. The number of hydrogen-bond acceptors (Lipinski definition) is 1. The van der Waals surface area contributed by atoms with Gasteiger partial charge in [0.15, 0.2) is 0 Å². The maximum absolute atomic E-state index is 3.41. The molecule has 2 aromatic carbocycles. The lowest BCUT2D eigenvalue weighted by Gasteiger charge is -2.19. The summed E-state index contributed by atoms with van der Waals surface area (Å²) in [6.45, 7) is 2.19. The first kappa shape index (κ1) is 13.6. The summed E-state index contributed by atoms with van der Waals surface area (Å²) >= 11 is 2.40. The molecule has 2 heteroatoms. The van der Waals surface area contributed by atoms with Gasteiger partial charge in [-0.2, -0.15) is 0 Å². The van der Waals surface area contributed by atoms with Crippen molar-refractivity contribution in [2.45, 2.75) is 19.4 Å². The van der Waals surface area contributed by atoms with Crippen molar-refractivity contribution in [3.05, 3.63) is 68.8 Å². The Bertz CT molecular complexity index is 505. The molecule has 0 aliphatic heterocycles. The molecular formula is C16H18IN. The maximum atomic E-state index is 3.41. The monoisotopic (exact) mass is 351 g/mol. The first-order valence-electron chi connectivity index (χ1n) is 6.26. The van der Waals surface area contributed by atoms with Gasteiger partial charge in [-0.3, -0.25) is 0 Å². The standard InChI is InChI=1S/C16H18IN/c1-3-12-8-10-13(11-9-12)16(18-2)14-6-4-5-7-15(14)17/h4-11,16,18H,3H2,1-2H3. The van der Waals surface area contributed by atoms with E-state index in [1.807, 2.05) is 7.05 Å². The van der Waals surface area contributed by atoms with E-state index in [4.69, 9.17) is 0 Å². The molecule has 0 saturated heterocycles. The highest BCUT2D eigenvalue weighted by molar-refractivity contribution is 14.1. The van der Waals surface area contributed by atoms with Gasteiger partial charge in [0, 0.05) is 3.57 Å². The lowest BCUT2D eigenvalue weighted by atomic mass is 9.97. The van der Waals surface area contributed by atoms with Crippen molar-refractivity contribution in [1.29, 1.82) is 0 Å². The van der Waals surface area contributed by atoms with Crippen LogP contribution in [0.15, 0.2) is 48.5 Å². The van der Waals surface area contributed by atoms with Gasteiger partial charge in [0.2, 0.25) is 0 Å². The van der Waals surface area contributed by atoms with E-state index < -0.39 is 0 Å². The van der Waals surface area contributed by atoms with Crippen molar-refractivity contribution in [3.63, 3.8) is 0 Å². The van der Waals surface area contributed by atoms with Gasteiger partial charge < -0.3 is 5.32 Å². The summed E-state index contributed by atoms with van der Waals surface area (Å²) in [5.74, 6) is 0. The molecule has 0 fully saturated rings. The van der Waals surface area contributed by atoms with Crippen molar-refractivity contribution in [1.82, 2.24) is 5.32 Å². The molecule has 1 unspecified atom stereocenters. The summed E-state index contributed by atoms with van der Waals surface area (Å²) in [7, 11) is 2.02. The number of rotatable bonds is 4. The van der Waals surface area contributed by atoms with Crippen molar-refractivity contribution in [2.75, 3.05) is 7.05 Å². The van der Waals surface area contributed by atoms with Gasteiger partial charge in [-0.15, -0.1) is 0 Å². The molecule has 0 aliphatic rings. The molecule has 0 heterocycles. The number of halogens is 1. The molecule has 0 bridgehead atoms. The molecular weight excluding hydrogens is 333 g/mol. The molecule has 2 rings (SSSR count). The summed E-state index contributed by atoms with van der Waals surface area (Å²) in [4.78, 5) is 0. The highest BCUT2D eigenvalue weighted by atomic mass is 127. The molecule has 94 valence electrons. The number of benzene rings is 2. The van der Waals surface area contributed by atoms with E-state index in [9.17, 15) is 0 Å². The molecule has 2 aromatic rings. The van der Waals surface area contributed by atoms with Crippen molar-refractivity contribution < 1.29 is 0 Å². The van der Waals surface area contributed by atoms with Crippen LogP contribution in [0.3, 0.4) is 0 Å². The molecule has 0 aromatic heterocycles. The van der Waals surface area contributed by atoms with E-state index in [0.717, 1.165) is 6.42 Å². The highest BCUT2D eigenvalue weighted by Crippen LogP contribution is 2.26. The quantitative estimate of drug-likeness (QED) is 0.816. The lowest BCUT2D eigenvalue weighted by molar-refractivity contribution is 0.688. The summed E-state index contributed by atoms with van der Waals surface area (Å²) in [6, 6.07) is 17.7. The number of aryl methyl sites for hydroxylation is 1. The van der Waals surface area contributed by atoms with Crippen LogP contribution in [0.4, 0.5) is 0 Å². The van der Waals surface area contributed by atoms with Gasteiger partial charge in [0.05, 0.1) is 6.04 Å².